The molecule has 0 aromatic carbocycles. The Morgan fingerprint density at radius 2 is 2.17 bits per heavy atom. The van der Waals surface area contributed by atoms with Gasteiger partial charge in [-0.15, -0.1) is 0 Å². The van der Waals surface area contributed by atoms with Gasteiger partial charge in [0, 0.05) is 26.3 Å². The van der Waals surface area contributed by atoms with E-state index in [1.807, 2.05) is 11.7 Å². The first-order valence-corrected chi connectivity index (χ1v) is 6.84. The van der Waals surface area contributed by atoms with Gasteiger partial charge in [0.15, 0.2) is 0 Å². The SMILES string of the molecule is CC(C)C[C@@H](NC1CCOCC1)c1ncnn1C. The third-order valence-corrected chi connectivity index (χ3v) is 3.42. The van der Waals surface area contributed by atoms with Crippen molar-refractivity contribution in [2.24, 2.45) is 13.0 Å². The topological polar surface area (TPSA) is 52.0 Å². The van der Waals surface area contributed by atoms with Crippen LogP contribution in [0.25, 0.3) is 0 Å². The smallest absolute Gasteiger partial charge is 0.143 e. The van der Waals surface area contributed by atoms with Crippen molar-refractivity contribution in [3.63, 3.8) is 0 Å². The Labute approximate surface area is 109 Å². The van der Waals surface area contributed by atoms with Crippen LogP contribution >= 0.6 is 0 Å². The van der Waals surface area contributed by atoms with Crippen LogP contribution < -0.4 is 5.32 Å². The molecule has 5 heteroatoms. The Balaban J connectivity index is 2.02. The fraction of sp³-hybridized carbons (Fsp3) is 0.846. The van der Waals surface area contributed by atoms with Gasteiger partial charge in [0.05, 0.1) is 6.04 Å². The molecule has 18 heavy (non-hydrogen) atoms. The molecule has 0 aliphatic carbocycles. The van der Waals surface area contributed by atoms with E-state index in [1.165, 1.54) is 0 Å². The van der Waals surface area contributed by atoms with Gasteiger partial charge in [0.1, 0.15) is 12.2 Å². The van der Waals surface area contributed by atoms with E-state index in [0.29, 0.717) is 18.0 Å². The third-order valence-electron chi connectivity index (χ3n) is 3.42. The van der Waals surface area contributed by atoms with Crippen LogP contribution in [0.3, 0.4) is 0 Å². The van der Waals surface area contributed by atoms with E-state index in [2.05, 4.69) is 29.2 Å². The second-order valence-electron chi connectivity index (χ2n) is 5.48. The highest BCUT2D eigenvalue weighted by molar-refractivity contribution is 4.95. The number of ether oxygens (including phenoxy) is 1. The number of aromatic nitrogens is 3. The van der Waals surface area contributed by atoms with Gasteiger partial charge in [0.25, 0.3) is 0 Å². The average Bonchev–Trinajstić information content (AvgIpc) is 2.75. The van der Waals surface area contributed by atoms with Crippen molar-refractivity contribution in [3.05, 3.63) is 12.2 Å². The fourth-order valence-electron chi connectivity index (χ4n) is 2.49. The Kier molecular flexibility index (Phi) is 4.72. The predicted octanol–water partition coefficient (Wildman–Crippen LogP) is 1.67. The molecular formula is C13H24N4O. The minimum atomic E-state index is 0.292. The van der Waals surface area contributed by atoms with E-state index < -0.39 is 0 Å². The molecule has 2 rings (SSSR count). The van der Waals surface area contributed by atoms with Gasteiger partial charge in [-0.05, 0) is 25.2 Å². The summed E-state index contributed by atoms with van der Waals surface area (Å²) in [5.41, 5.74) is 0. The number of nitrogens with zero attached hydrogens (tertiary/aromatic N) is 3. The zero-order valence-corrected chi connectivity index (χ0v) is 11.6. The summed E-state index contributed by atoms with van der Waals surface area (Å²) < 4.78 is 7.28. The molecule has 0 radical (unpaired) electrons. The quantitative estimate of drug-likeness (QED) is 0.866. The van der Waals surface area contributed by atoms with Crippen LogP contribution in [0.5, 0.6) is 0 Å². The lowest BCUT2D eigenvalue weighted by atomic mass is 10.0. The minimum absolute atomic E-state index is 0.292. The van der Waals surface area contributed by atoms with Crippen LogP contribution in [0.15, 0.2) is 6.33 Å². The fourth-order valence-corrected chi connectivity index (χ4v) is 2.49. The van der Waals surface area contributed by atoms with Crippen molar-refractivity contribution < 1.29 is 4.74 Å². The van der Waals surface area contributed by atoms with E-state index in [-0.39, 0.29) is 0 Å². The molecule has 1 atom stereocenters. The Hall–Kier alpha value is -0.940. The average molecular weight is 252 g/mol. The van der Waals surface area contributed by atoms with Crippen molar-refractivity contribution >= 4 is 0 Å². The molecule has 0 saturated carbocycles. The van der Waals surface area contributed by atoms with Crippen LogP contribution in [0.4, 0.5) is 0 Å². The zero-order valence-electron chi connectivity index (χ0n) is 11.6. The Morgan fingerprint density at radius 3 is 2.72 bits per heavy atom. The summed E-state index contributed by atoms with van der Waals surface area (Å²) in [6.45, 7) is 6.22. The summed E-state index contributed by atoms with van der Waals surface area (Å²) in [4.78, 5) is 4.39. The van der Waals surface area contributed by atoms with Crippen molar-refractivity contribution in [1.82, 2.24) is 20.1 Å². The maximum absolute atomic E-state index is 5.40. The van der Waals surface area contributed by atoms with E-state index in [4.69, 9.17) is 4.74 Å². The molecule has 1 aliphatic heterocycles. The maximum Gasteiger partial charge on any atom is 0.143 e. The van der Waals surface area contributed by atoms with Crippen LogP contribution in [0.1, 0.15) is 45.0 Å². The Bertz CT molecular complexity index is 358. The van der Waals surface area contributed by atoms with Crippen LogP contribution in [0.2, 0.25) is 0 Å². The summed E-state index contributed by atoms with van der Waals surface area (Å²) >= 11 is 0. The molecule has 0 amide bonds. The minimum Gasteiger partial charge on any atom is -0.381 e. The van der Waals surface area contributed by atoms with E-state index in [1.54, 1.807) is 6.33 Å². The van der Waals surface area contributed by atoms with Gasteiger partial charge in [0.2, 0.25) is 0 Å². The van der Waals surface area contributed by atoms with Gasteiger partial charge >= 0.3 is 0 Å². The molecule has 1 N–H and O–H groups in total. The molecule has 0 unspecified atom stereocenters. The third kappa shape index (κ3) is 3.53. The molecule has 0 spiro atoms. The first kappa shape index (κ1) is 13.5. The number of nitrogens with one attached hydrogen (secondary N) is 1. The molecule has 5 nitrogen and oxygen atoms in total. The molecule has 0 bridgehead atoms. The summed E-state index contributed by atoms with van der Waals surface area (Å²) in [6, 6.07) is 0.833. The summed E-state index contributed by atoms with van der Waals surface area (Å²) in [5, 5.41) is 7.91. The Morgan fingerprint density at radius 1 is 1.44 bits per heavy atom. The molecule has 1 aromatic heterocycles. The predicted molar refractivity (Wildman–Crippen MR) is 70.2 cm³/mol. The molecule has 1 aliphatic rings. The van der Waals surface area contributed by atoms with Gasteiger partial charge in [-0.1, -0.05) is 13.8 Å². The number of hydrogen-bond acceptors (Lipinski definition) is 4. The monoisotopic (exact) mass is 252 g/mol. The van der Waals surface area contributed by atoms with Gasteiger partial charge in [-0.2, -0.15) is 5.10 Å². The number of rotatable bonds is 5. The van der Waals surface area contributed by atoms with E-state index in [9.17, 15) is 0 Å². The number of aryl methyl sites for hydroxylation is 1. The second kappa shape index (κ2) is 6.29. The van der Waals surface area contributed by atoms with Gasteiger partial charge in [-0.25, -0.2) is 4.98 Å². The standard InChI is InChI=1S/C13H24N4O/c1-10(2)8-12(13-14-9-15-17(13)3)16-11-4-6-18-7-5-11/h9-12,16H,4-8H2,1-3H3/t12-/m1/s1. The first-order valence-electron chi connectivity index (χ1n) is 6.84. The lowest BCUT2D eigenvalue weighted by Crippen LogP contribution is -2.38. The molecule has 1 saturated heterocycles. The van der Waals surface area contributed by atoms with Gasteiger partial charge in [-0.3, -0.25) is 4.68 Å². The van der Waals surface area contributed by atoms with Crippen LogP contribution in [-0.2, 0) is 11.8 Å². The first-order chi connectivity index (χ1) is 8.66. The van der Waals surface area contributed by atoms with Crippen molar-refractivity contribution in [2.75, 3.05) is 13.2 Å². The lowest BCUT2D eigenvalue weighted by Gasteiger charge is -2.29. The molecule has 2 heterocycles. The summed E-state index contributed by atoms with van der Waals surface area (Å²) in [6.07, 6.45) is 4.90. The normalized spacial score (nSPS) is 19.3. The maximum atomic E-state index is 5.40. The number of hydrogen-bond donors (Lipinski definition) is 1. The summed E-state index contributed by atoms with van der Waals surface area (Å²) in [7, 11) is 1.96. The zero-order chi connectivity index (χ0) is 13.0. The lowest BCUT2D eigenvalue weighted by molar-refractivity contribution is 0.0734. The van der Waals surface area contributed by atoms with Crippen LogP contribution in [-0.4, -0.2) is 34.0 Å². The molecule has 1 aromatic rings. The van der Waals surface area contributed by atoms with Crippen LogP contribution in [0, 0.1) is 5.92 Å². The highest BCUT2D eigenvalue weighted by Crippen LogP contribution is 2.21. The van der Waals surface area contributed by atoms with Gasteiger partial charge < -0.3 is 10.1 Å². The summed E-state index contributed by atoms with van der Waals surface area (Å²) in [5.74, 6) is 1.68. The van der Waals surface area contributed by atoms with Crippen molar-refractivity contribution in [1.29, 1.82) is 0 Å². The molecule has 102 valence electrons. The van der Waals surface area contributed by atoms with Crippen molar-refractivity contribution in [2.45, 2.75) is 45.2 Å². The van der Waals surface area contributed by atoms with E-state index in [0.717, 1.165) is 38.3 Å². The molecule has 1 fully saturated rings. The molecular weight excluding hydrogens is 228 g/mol. The van der Waals surface area contributed by atoms with Crippen molar-refractivity contribution in [3.8, 4) is 0 Å². The second-order valence-corrected chi connectivity index (χ2v) is 5.48. The highest BCUT2D eigenvalue weighted by Gasteiger charge is 2.23. The largest absolute Gasteiger partial charge is 0.381 e. The van der Waals surface area contributed by atoms with E-state index >= 15 is 0 Å². The highest BCUT2D eigenvalue weighted by atomic mass is 16.5.